The number of nitrogens with two attached hydrogens (primary N) is 1. The summed E-state index contributed by atoms with van der Waals surface area (Å²) in [6.07, 6.45) is 0.758. The standard InChI is InChI=1S/C15H16ClNO/c1-18-14-7-3-5-12(10-14)15(17)9-11-4-2-6-13(16)8-11/h2-8,10,15H,9,17H2,1H3. The fraction of sp³-hybridized carbons (Fsp3) is 0.200. The summed E-state index contributed by atoms with van der Waals surface area (Å²) in [5.41, 5.74) is 8.40. The Hall–Kier alpha value is -1.51. The lowest BCUT2D eigenvalue weighted by molar-refractivity contribution is 0.414. The number of halogens is 1. The summed E-state index contributed by atoms with van der Waals surface area (Å²) in [7, 11) is 1.65. The molecule has 0 radical (unpaired) electrons. The van der Waals surface area contributed by atoms with Gasteiger partial charge in [0.05, 0.1) is 7.11 Å². The molecule has 1 unspecified atom stereocenters. The molecule has 0 aliphatic rings. The van der Waals surface area contributed by atoms with Crippen LogP contribution in [0.4, 0.5) is 0 Å². The minimum Gasteiger partial charge on any atom is -0.497 e. The Bertz CT molecular complexity index is 527. The first-order chi connectivity index (χ1) is 8.69. The zero-order valence-electron chi connectivity index (χ0n) is 10.3. The molecular formula is C15H16ClNO. The van der Waals surface area contributed by atoms with Gasteiger partial charge >= 0.3 is 0 Å². The first-order valence-corrected chi connectivity index (χ1v) is 6.21. The van der Waals surface area contributed by atoms with E-state index in [1.54, 1.807) is 7.11 Å². The molecule has 0 aromatic heterocycles. The Morgan fingerprint density at radius 3 is 2.67 bits per heavy atom. The van der Waals surface area contributed by atoms with Gasteiger partial charge in [0.25, 0.3) is 0 Å². The van der Waals surface area contributed by atoms with Gasteiger partial charge in [-0.05, 0) is 41.8 Å². The van der Waals surface area contributed by atoms with Crippen molar-refractivity contribution in [1.82, 2.24) is 0 Å². The predicted octanol–water partition coefficient (Wildman–Crippen LogP) is 3.59. The molecule has 2 rings (SSSR count). The lowest BCUT2D eigenvalue weighted by Crippen LogP contribution is -2.13. The van der Waals surface area contributed by atoms with Crippen molar-refractivity contribution in [2.45, 2.75) is 12.5 Å². The second kappa shape index (κ2) is 5.89. The summed E-state index contributed by atoms with van der Waals surface area (Å²) in [6.45, 7) is 0. The van der Waals surface area contributed by atoms with E-state index in [1.807, 2.05) is 48.5 Å². The van der Waals surface area contributed by atoms with Gasteiger partial charge in [0.1, 0.15) is 5.75 Å². The number of hydrogen-bond acceptors (Lipinski definition) is 2. The Balaban J connectivity index is 2.13. The maximum Gasteiger partial charge on any atom is 0.119 e. The van der Waals surface area contributed by atoms with E-state index in [9.17, 15) is 0 Å². The highest BCUT2D eigenvalue weighted by atomic mass is 35.5. The number of methoxy groups -OCH3 is 1. The van der Waals surface area contributed by atoms with Crippen molar-refractivity contribution >= 4 is 11.6 Å². The van der Waals surface area contributed by atoms with Crippen molar-refractivity contribution in [1.29, 1.82) is 0 Å². The van der Waals surface area contributed by atoms with Gasteiger partial charge in [0, 0.05) is 11.1 Å². The molecule has 2 N–H and O–H groups in total. The number of benzene rings is 2. The Kier molecular flexibility index (Phi) is 4.24. The van der Waals surface area contributed by atoms with E-state index < -0.39 is 0 Å². The monoisotopic (exact) mass is 261 g/mol. The second-order valence-corrected chi connectivity index (χ2v) is 4.65. The molecule has 3 heteroatoms. The summed E-state index contributed by atoms with van der Waals surface area (Å²) in [5, 5.41) is 0.741. The van der Waals surface area contributed by atoms with Crippen molar-refractivity contribution in [3.05, 3.63) is 64.7 Å². The molecule has 0 amide bonds. The molecule has 0 spiro atoms. The SMILES string of the molecule is COc1cccc(C(N)Cc2cccc(Cl)c2)c1. The van der Waals surface area contributed by atoms with Crippen LogP contribution in [0, 0.1) is 0 Å². The molecular weight excluding hydrogens is 246 g/mol. The van der Waals surface area contributed by atoms with Crippen molar-refractivity contribution < 1.29 is 4.74 Å². The molecule has 94 valence electrons. The van der Waals surface area contributed by atoms with Crippen LogP contribution in [0.2, 0.25) is 5.02 Å². The molecule has 0 aliphatic carbocycles. The van der Waals surface area contributed by atoms with Crippen LogP contribution in [-0.2, 0) is 6.42 Å². The van der Waals surface area contributed by atoms with Crippen LogP contribution >= 0.6 is 11.6 Å². The molecule has 2 nitrogen and oxygen atoms in total. The van der Waals surface area contributed by atoms with E-state index in [2.05, 4.69) is 0 Å². The third-order valence-corrected chi connectivity index (χ3v) is 3.10. The number of rotatable bonds is 4. The van der Waals surface area contributed by atoms with E-state index in [0.29, 0.717) is 0 Å². The zero-order valence-corrected chi connectivity index (χ0v) is 11.0. The molecule has 2 aromatic rings. The van der Waals surface area contributed by atoms with Crippen molar-refractivity contribution in [2.24, 2.45) is 5.73 Å². The molecule has 0 saturated heterocycles. The fourth-order valence-corrected chi connectivity index (χ4v) is 2.12. The first-order valence-electron chi connectivity index (χ1n) is 5.83. The highest BCUT2D eigenvalue weighted by molar-refractivity contribution is 6.30. The topological polar surface area (TPSA) is 35.2 Å². The third kappa shape index (κ3) is 3.25. The lowest BCUT2D eigenvalue weighted by atomic mass is 9.99. The molecule has 2 aromatic carbocycles. The average molecular weight is 262 g/mol. The van der Waals surface area contributed by atoms with Crippen LogP contribution in [0.1, 0.15) is 17.2 Å². The summed E-state index contributed by atoms with van der Waals surface area (Å²) >= 11 is 5.96. The Morgan fingerprint density at radius 2 is 1.94 bits per heavy atom. The van der Waals surface area contributed by atoms with Gasteiger partial charge in [-0.1, -0.05) is 35.9 Å². The summed E-state index contributed by atoms with van der Waals surface area (Å²) < 4.78 is 5.20. The van der Waals surface area contributed by atoms with Crippen molar-refractivity contribution in [3.63, 3.8) is 0 Å². The van der Waals surface area contributed by atoms with Crippen LogP contribution in [0.3, 0.4) is 0 Å². The van der Waals surface area contributed by atoms with Crippen LogP contribution in [0.25, 0.3) is 0 Å². The van der Waals surface area contributed by atoms with Gasteiger partial charge < -0.3 is 10.5 Å². The van der Waals surface area contributed by atoms with E-state index in [1.165, 1.54) is 0 Å². The van der Waals surface area contributed by atoms with Gasteiger partial charge in [-0.3, -0.25) is 0 Å². The van der Waals surface area contributed by atoms with Gasteiger partial charge in [0.15, 0.2) is 0 Å². The van der Waals surface area contributed by atoms with E-state index >= 15 is 0 Å². The summed E-state index contributed by atoms with van der Waals surface area (Å²) in [5.74, 6) is 0.828. The minimum atomic E-state index is -0.0569. The zero-order chi connectivity index (χ0) is 13.0. The maximum absolute atomic E-state index is 6.20. The largest absolute Gasteiger partial charge is 0.497 e. The molecule has 0 aliphatic heterocycles. The smallest absolute Gasteiger partial charge is 0.119 e. The minimum absolute atomic E-state index is 0.0569. The average Bonchev–Trinajstić information content (AvgIpc) is 2.39. The Morgan fingerprint density at radius 1 is 1.17 bits per heavy atom. The number of ether oxygens (including phenoxy) is 1. The van der Waals surface area contributed by atoms with Crippen LogP contribution in [0.5, 0.6) is 5.75 Å². The van der Waals surface area contributed by atoms with E-state index in [-0.39, 0.29) is 6.04 Å². The first kappa shape index (κ1) is 12.9. The van der Waals surface area contributed by atoms with Crippen LogP contribution in [0.15, 0.2) is 48.5 Å². The fourth-order valence-electron chi connectivity index (χ4n) is 1.91. The molecule has 18 heavy (non-hydrogen) atoms. The highest BCUT2D eigenvalue weighted by Gasteiger charge is 2.08. The lowest BCUT2D eigenvalue weighted by Gasteiger charge is -2.13. The van der Waals surface area contributed by atoms with Gasteiger partial charge in [0.2, 0.25) is 0 Å². The van der Waals surface area contributed by atoms with Crippen molar-refractivity contribution in [3.8, 4) is 5.75 Å². The van der Waals surface area contributed by atoms with Crippen LogP contribution in [-0.4, -0.2) is 7.11 Å². The highest BCUT2D eigenvalue weighted by Crippen LogP contribution is 2.21. The molecule has 1 atom stereocenters. The van der Waals surface area contributed by atoms with Gasteiger partial charge in [-0.15, -0.1) is 0 Å². The summed E-state index contributed by atoms with van der Waals surface area (Å²) in [4.78, 5) is 0. The number of hydrogen-bond donors (Lipinski definition) is 1. The van der Waals surface area contributed by atoms with Crippen molar-refractivity contribution in [2.75, 3.05) is 7.11 Å². The van der Waals surface area contributed by atoms with E-state index in [4.69, 9.17) is 22.1 Å². The quantitative estimate of drug-likeness (QED) is 0.913. The maximum atomic E-state index is 6.20. The third-order valence-electron chi connectivity index (χ3n) is 2.87. The molecule has 0 heterocycles. The van der Waals surface area contributed by atoms with Gasteiger partial charge in [-0.2, -0.15) is 0 Å². The normalized spacial score (nSPS) is 12.2. The Labute approximate surface area is 112 Å². The summed E-state index contributed by atoms with van der Waals surface area (Å²) in [6, 6.07) is 15.6. The molecule has 0 bridgehead atoms. The molecule has 0 saturated carbocycles. The second-order valence-electron chi connectivity index (χ2n) is 4.22. The van der Waals surface area contributed by atoms with Gasteiger partial charge in [-0.25, -0.2) is 0 Å². The predicted molar refractivity (Wildman–Crippen MR) is 75.1 cm³/mol. The van der Waals surface area contributed by atoms with E-state index in [0.717, 1.165) is 28.3 Å². The van der Waals surface area contributed by atoms with Crippen LogP contribution < -0.4 is 10.5 Å². The molecule has 0 fully saturated rings.